The Labute approximate surface area is 115 Å². The molecule has 0 radical (unpaired) electrons. The number of nitrogens with zero attached hydrogens (tertiary/aromatic N) is 1. The fraction of sp³-hybridized carbons (Fsp3) is 0.688. The van der Waals surface area contributed by atoms with Gasteiger partial charge in [-0.25, -0.2) is 4.39 Å². The molecule has 106 valence electrons. The van der Waals surface area contributed by atoms with Gasteiger partial charge in [-0.15, -0.1) is 0 Å². The molecule has 2 nitrogen and oxygen atoms in total. The summed E-state index contributed by atoms with van der Waals surface area (Å²) in [6.07, 6.45) is 10.3. The van der Waals surface area contributed by atoms with E-state index in [1.54, 1.807) is 12.3 Å². The molecule has 1 aromatic rings. The van der Waals surface area contributed by atoms with Crippen molar-refractivity contribution in [1.29, 1.82) is 0 Å². The first-order valence-electron chi connectivity index (χ1n) is 7.66. The van der Waals surface area contributed by atoms with Crippen molar-refractivity contribution in [2.75, 3.05) is 6.54 Å². The minimum Gasteiger partial charge on any atom is -0.308 e. The average molecular weight is 264 g/mol. The Bertz CT molecular complexity index is 373. The molecule has 1 fully saturated rings. The summed E-state index contributed by atoms with van der Waals surface area (Å²) in [5, 5.41) is 3.52. The Morgan fingerprint density at radius 2 is 2.05 bits per heavy atom. The van der Waals surface area contributed by atoms with Gasteiger partial charge in [-0.1, -0.05) is 32.6 Å². The third-order valence-electron chi connectivity index (χ3n) is 4.07. The molecule has 1 aliphatic carbocycles. The van der Waals surface area contributed by atoms with Crippen LogP contribution >= 0.6 is 0 Å². The molecule has 1 aromatic heterocycles. The number of rotatable bonds is 5. The van der Waals surface area contributed by atoms with Crippen LogP contribution in [0.15, 0.2) is 18.3 Å². The summed E-state index contributed by atoms with van der Waals surface area (Å²) >= 11 is 0. The maximum absolute atomic E-state index is 14.0. The summed E-state index contributed by atoms with van der Waals surface area (Å²) in [5.74, 6) is 0.360. The first-order chi connectivity index (χ1) is 9.33. The number of aromatic nitrogens is 1. The largest absolute Gasteiger partial charge is 0.308 e. The van der Waals surface area contributed by atoms with Gasteiger partial charge in [-0.2, -0.15) is 0 Å². The van der Waals surface area contributed by atoms with Crippen molar-refractivity contribution in [3.05, 3.63) is 29.8 Å². The lowest BCUT2D eigenvalue weighted by Gasteiger charge is -2.27. The molecular weight excluding hydrogens is 239 g/mol. The molecule has 1 heterocycles. The highest BCUT2D eigenvalue weighted by molar-refractivity contribution is 5.13. The highest BCUT2D eigenvalue weighted by Crippen LogP contribution is 2.33. The van der Waals surface area contributed by atoms with E-state index in [-0.39, 0.29) is 11.9 Å². The second-order valence-corrected chi connectivity index (χ2v) is 5.55. The molecular formula is C16H25FN2. The predicted molar refractivity (Wildman–Crippen MR) is 76.4 cm³/mol. The predicted octanol–water partition coefficient (Wildman–Crippen LogP) is 4.23. The summed E-state index contributed by atoms with van der Waals surface area (Å²) in [7, 11) is 0. The van der Waals surface area contributed by atoms with Gasteiger partial charge in [0.2, 0.25) is 0 Å². The van der Waals surface area contributed by atoms with E-state index in [0.29, 0.717) is 11.6 Å². The lowest BCUT2D eigenvalue weighted by atomic mass is 9.89. The van der Waals surface area contributed by atoms with Crippen LogP contribution in [0.25, 0.3) is 0 Å². The molecule has 0 saturated heterocycles. The fourth-order valence-corrected chi connectivity index (χ4v) is 3.06. The van der Waals surface area contributed by atoms with Gasteiger partial charge >= 0.3 is 0 Å². The Kier molecular flexibility index (Phi) is 5.77. The first kappa shape index (κ1) is 14.4. The molecule has 0 aromatic carbocycles. The van der Waals surface area contributed by atoms with Crippen molar-refractivity contribution < 1.29 is 4.39 Å². The second-order valence-electron chi connectivity index (χ2n) is 5.55. The van der Waals surface area contributed by atoms with E-state index in [0.717, 1.165) is 13.0 Å². The standard InChI is InChI=1S/C16H25FN2/c1-2-11-18-15(13-8-5-3-4-6-9-13)16-14(17)10-7-12-19-16/h7,10,12-13,15,18H,2-6,8-9,11H2,1H3. The normalized spacial score (nSPS) is 19.1. The Balaban J connectivity index is 2.16. The van der Waals surface area contributed by atoms with Crippen LogP contribution in [-0.2, 0) is 0 Å². The van der Waals surface area contributed by atoms with Gasteiger partial charge in [0, 0.05) is 6.20 Å². The van der Waals surface area contributed by atoms with Crippen molar-refractivity contribution in [1.82, 2.24) is 10.3 Å². The summed E-state index contributed by atoms with van der Waals surface area (Å²) in [6, 6.07) is 3.28. The second kappa shape index (κ2) is 7.59. The van der Waals surface area contributed by atoms with Crippen molar-refractivity contribution in [3.8, 4) is 0 Å². The number of nitrogens with one attached hydrogen (secondary N) is 1. The van der Waals surface area contributed by atoms with Gasteiger partial charge in [0.05, 0.1) is 11.7 Å². The fourth-order valence-electron chi connectivity index (χ4n) is 3.06. The molecule has 1 aliphatic rings. The highest BCUT2D eigenvalue weighted by atomic mass is 19.1. The van der Waals surface area contributed by atoms with Gasteiger partial charge < -0.3 is 5.32 Å². The Hall–Kier alpha value is -0.960. The molecule has 1 saturated carbocycles. The van der Waals surface area contributed by atoms with Gasteiger partial charge in [0.25, 0.3) is 0 Å². The third kappa shape index (κ3) is 4.00. The van der Waals surface area contributed by atoms with E-state index >= 15 is 0 Å². The Morgan fingerprint density at radius 1 is 1.32 bits per heavy atom. The molecule has 3 heteroatoms. The maximum Gasteiger partial charge on any atom is 0.146 e. The summed E-state index contributed by atoms with van der Waals surface area (Å²) in [4.78, 5) is 4.30. The quantitative estimate of drug-likeness (QED) is 0.805. The van der Waals surface area contributed by atoms with Gasteiger partial charge in [-0.3, -0.25) is 4.98 Å². The van der Waals surface area contributed by atoms with Gasteiger partial charge in [0.15, 0.2) is 0 Å². The smallest absolute Gasteiger partial charge is 0.146 e. The lowest BCUT2D eigenvalue weighted by Crippen LogP contribution is -2.30. The first-order valence-corrected chi connectivity index (χ1v) is 7.66. The third-order valence-corrected chi connectivity index (χ3v) is 4.07. The van der Waals surface area contributed by atoms with E-state index in [2.05, 4.69) is 17.2 Å². The van der Waals surface area contributed by atoms with Crippen LogP contribution in [0.5, 0.6) is 0 Å². The molecule has 2 rings (SSSR count). The average Bonchev–Trinajstić information content (AvgIpc) is 2.70. The minimum atomic E-state index is -0.166. The van der Waals surface area contributed by atoms with Gasteiger partial charge in [0.1, 0.15) is 5.82 Å². The zero-order valence-electron chi connectivity index (χ0n) is 11.9. The number of pyridine rings is 1. The van der Waals surface area contributed by atoms with Crippen molar-refractivity contribution in [2.24, 2.45) is 5.92 Å². The van der Waals surface area contributed by atoms with Gasteiger partial charge in [-0.05, 0) is 43.9 Å². The summed E-state index contributed by atoms with van der Waals surface area (Å²) < 4.78 is 14.0. The number of halogens is 1. The van der Waals surface area contributed by atoms with E-state index < -0.39 is 0 Å². The van der Waals surface area contributed by atoms with Crippen LogP contribution < -0.4 is 5.32 Å². The van der Waals surface area contributed by atoms with E-state index in [4.69, 9.17) is 0 Å². The molecule has 0 amide bonds. The minimum absolute atomic E-state index is 0.0826. The molecule has 0 aliphatic heterocycles. The molecule has 1 N–H and O–H groups in total. The number of hydrogen-bond donors (Lipinski definition) is 1. The molecule has 0 spiro atoms. The zero-order chi connectivity index (χ0) is 13.5. The SMILES string of the molecule is CCCNC(c1ncccc1F)C1CCCCCC1. The molecule has 1 atom stereocenters. The molecule has 1 unspecified atom stereocenters. The molecule has 0 bridgehead atoms. The van der Waals surface area contributed by atoms with Crippen LogP contribution in [0.4, 0.5) is 4.39 Å². The van der Waals surface area contributed by atoms with Crippen molar-refractivity contribution in [2.45, 2.75) is 57.9 Å². The van der Waals surface area contributed by atoms with Crippen LogP contribution in [0.1, 0.15) is 63.6 Å². The lowest BCUT2D eigenvalue weighted by molar-refractivity contribution is 0.311. The van der Waals surface area contributed by atoms with Crippen LogP contribution in [0, 0.1) is 11.7 Å². The van der Waals surface area contributed by atoms with Crippen LogP contribution in [-0.4, -0.2) is 11.5 Å². The molecule has 19 heavy (non-hydrogen) atoms. The van der Waals surface area contributed by atoms with Crippen molar-refractivity contribution in [3.63, 3.8) is 0 Å². The van der Waals surface area contributed by atoms with Crippen molar-refractivity contribution >= 4 is 0 Å². The van der Waals surface area contributed by atoms with E-state index in [1.165, 1.54) is 44.6 Å². The van der Waals surface area contributed by atoms with E-state index in [9.17, 15) is 4.39 Å². The van der Waals surface area contributed by atoms with Crippen LogP contribution in [0.3, 0.4) is 0 Å². The topological polar surface area (TPSA) is 24.9 Å². The summed E-state index contributed by atoms with van der Waals surface area (Å²) in [6.45, 7) is 3.07. The maximum atomic E-state index is 14.0. The van der Waals surface area contributed by atoms with E-state index in [1.807, 2.05) is 0 Å². The zero-order valence-corrected chi connectivity index (χ0v) is 11.9. The highest BCUT2D eigenvalue weighted by Gasteiger charge is 2.26. The summed E-state index contributed by atoms with van der Waals surface area (Å²) in [5.41, 5.74) is 0.614. The Morgan fingerprint density at radius 3 is 2.68 bits per heavy atom. The number of hydrogen-bond acceptors (Lipinski definition) is 2. The van der Waals surface area contributed by atoms with Crippen LogP contribution in [0.2, 0.25) is 0 Å². The monoisotopic (exact) mass is 264 g/mol.